The number of aromatic nitrogens is 1. The fourth-order valence-electron chi connectivity index (χ4n) is 2.47. The van der Waals surface area contributed by atoms with E-state index < -0.39 is 0 Å². The van der Waals surface area contributed by atoms with E-state index in [2.05, 4.69) is 34.0 Å². The smallest absolute Gasteiger partial charge is 0.245 e. The van der Waals surface area contributed by atoms with Crippen molar-refractivity contribution in [2.45, 2.75) is 6.92 Å². The molecule has 0 bridgehead atoms. The van der Waals surface area contributed by atoms with Crippen LogP contribution < -0.4 is 10.6 Å². The number of nitrogens with one attached hydrogen (secondary N) is 2. The van der Waals surface area contributed by atoms with Gasteiger partial charge in [0.2, 0.25) is 5.91 Å². The molecule has 1 heterocycles. The van der Waals surface area contributed by atoms with Crippen LogP contribution in [0.5, 0.6) is 0 Å². The van der Waals surface area contributed by atoms with Crippen molar-refractivity contribution >= 4 is 28.1 Å². The summed E-state index contributed by atoms with van der Waals surface area (Å²) in [4.78, 5) is 16.7. The number of nitrogens with zero attached hydrogens (tertiary/aromatic N) is 1. The summed E-state index contributed by atoms with van der Waals surface area (Å²) in [6.45, 7) is 5.84. The summed E-state index contributed by atoms with van der Waals surface area (Å²) >= 11 is 1.41. The lowest BCUT2D eigenvalue weighted by Gasteiger charge is -2.08. The number of hydrogen-bond donors (Lipinski definition) is 2. The van der Waals surface area contributed by atoms with Gasteiger partial charge in [0.25, 0.3) is 0 Å². The van der Waals surface area contributed by atoms with Crippen LogP contribution in [0, 0.1) is 6.92 Å². The lowest BCUT2D eigenvalue weighted by Crippen LogP contribution is -2.26. The van der Waals surface area contributed by atoms with E-state index in [1.807, 2.05) is 60.8 Å². The molecule has 26 heavy (non-hydrogen) atoms. The molecule has 0 aliphatic carbocycles. The van der Waals surface area contributed by atoms with E-state index in [-0.39, 0.29) is 12.5 Å². The van der Waals surface area contributed by atoms with E-state index in [0.29, 0.717) is 10.8 Å². The van der Waals surface area contributed by atoms with Crippen LogP contribution in [0.3, 0.4) is 0 Å². The highest BCUT2D eigenvalue weighted by molar-refractivity contribution is 7.14. The maximum absolute atomic E-state index is 12.2. The van der Waals surface area contributed by atoms with Gasteiger partial charge in [0.1, 0.15) is 0 Å². The van der Waals surface area contributed by atoms with Crippen molar-refractivity contribution in [2.75, 3.05) is 11.9 Å². The fraction of sp³-hybridized carbons (Fsp3) is 0.0952. The first-order valence-corrected chi connectivity index (χ1v) is 9.05. The van der Waals surface area contributed by atoms with Crippen molar-refractivity contribution in [3.05, 3.63) is 83.4 Å². The molecule has 0 radical (unpaired) electrons. The van der Waals surface area contributed by atoms with Crippen LogP contribution in [0.15, 0.2) is 72.3 Å². The topological polar surface area (TPSA) is 54.0 Å². The van der Waals surface area contributed by atoms with Gasteiger partial charge in [-0.2, -0.15) is 0 Å². The summed E-state index contributed by atoms with van der Waals surface area (Å²) in [5, 5.41) is 8.40. The quantitative estimate of drug-likeness (QED) is 0.637. The van der Waals surface area contributed by atoms with Gasteiger partial charge >= 0.3 is 0 Å². The number of thiazole rings is 1. The Bertz CT molecular complexity index is 956. The monoisotopic (exact) mass is 361 g/mol. The van der Waals surface area contributed by atoms with Crippen molar-refractivity contribution in [3.63, 3.8) is 0 Å². The van der Waals surface area contributed by atoms with Gasteiger partial charge in [-0.1, -0.05) is 60.7 Å². The molecule has 1 aromatic heterocycles. The molecule has 0 saturated heterocycles. The van der Waals surface area contributed by atoms with Crippen LogP contribution in [0.1, 0.15) is 11.1 Å². The second-order valence-corrected chi connectivity index (χ2v) is 6.59. The van der Waals surface area contributed by atoms with Crippen molar-refractivity contribution < 1.29 is 4.79 Å². The van der Waals surface area contributed by atoms with E-state index >= 15 is 0 Å². The van der Waals surface area contributed by atoms with Crippen LogP contribution in [0.4, 0.5) is 5.13 Å². The van der Waals surface area contributed by atoms with E-state index in [0.717, 1.165) is 16.8 Å². The molecule has 0 atom stereocenters. The third-order valence-electron chi connectivity index (χ3n) is 3.73. The molecule has 0 aliphatic rings. The summed E-state index contributed by atoms with van der Waals surface area (Å²) < 4.78 is 0. The Balaban J connectivity index is 1.60. The Hall–Kier alpha value is -3.14. The van der Waals surface area contributed by atoms with Crippen molar-refractivity contribution in [2.24, 2.45) is 0 Å². The second kappa shape index (κ2) is 8.30. The molecular weight excluding hydrogens is 342 g/mol. The number of carbonyl (C=O) groups excluding carboxylic acids is 1. The lowest BCUT2D eigenvalue weighted by molar-refractivity contribution is -0.115. The van der Waals surface area contributed by atoms with Gasteiger partial charge in [-0.15, -0.1) is 17.1 Å². The third-order valence-corrected chi connectivity index (χ3v) is 4.49. The maximum Gasteiger partial charge on any atom is 0.245 e. The molecule has 0 spiro atoms. The van der Waals surface area contributed by atoms with Gasteiger partial charge in [-0.3, -0.25) is 4.79 Å². The second-order valence-electron chi connectivity index (χ2n) is 5.73. The summed E-state index contributed by atoms with van der Waals surface area (Å²) in [5.74, 6) is -0.168. The molecule has 0 fully saturated rings. The first kappa shape index (κ1) is 17.7. The Kier molecular flexibility index (Phi) is 5.64. The summed E-state index contributed by atoms with van der Waals surface area (Å²) in [6, 6.07) is 17.8. The zero-order valence-corrected chi connectivity index (χ0v) is 15.3. The average Bonchev–Trinajstić information content (AvgIpc) is 3.11. The first-order chi connectivity index (χ1) is 12.7. The van der Waals surface area contributed by atoms with Crippen molar-refractivity contribution in [1.29, 1.82) is 0 Å². The first-order valence-electron chi connectivity index (χ1n) is 8.17. The van der Waals surface area contributed by atoms with Crippen LogP contribution >= 0.6 is 11.3 Å². The molecule has 0 saturated carbocycles. The minimum Gasteiger partial charge on any atom is -0.369 e. The summed E-state index contributed by atoms with van der Waals surface area (Å²) in [5.41, 5.74) is 7.54. The maximum atomic E-state index is 12.2. The standard InChI is InChI=1S/C21H19N3OS/c1-3-18(16-9-5-4-6-10-16)22-13-20(25)24-21-23-19(14-26-21)17-11-7-8-15(2)12-17/h4-12,14,22H,1,13H2,2H3,(H,23,24,25). The largest absolute Gasteiger partial charge is 0.369 e. The molecule has 3 rings (SSSR count). The van der Waals surface area contributed by atoms with Gasteiger partial charge in [0.05, 0.1) is 17.9 Å². The number of carbonyl (C=O) groups is 1. The molecule has 0 unspecified atom stereocenters. The zero-order valence-electron chi connectivity index (χ0n) is 14.5. The van der Waals surface area contributed by atoms with E-state index in [1.165, 1.54) is 16.9 Å². The predicted molar refractivity (Wildman–Crippen MR) is 108 cm³/mol. The van der Waals surface area contributed by atoms with Crippen LogP contribution in [-0.4, -0.2) is 17.4 Å². The highest BCUT2D eigenvalue weighted by atomic mass is 32.1. The fourth-order valence-corrected chi connectivity index (χ4v) is 3.21. The zero-order chi connectivity index (χ0) is 18.4. The number of anilines is 1. The van der Waals surface area contributed by atoms with Crippen molar-refractivity contribution in [1.82, 2.24) is 10.3 Å². The molecule has 1 amide bonds. The van der Waals surface area contributed by atoms with Crippen LogP contribution in [0.2, 0.25) is 0 Å². The number of benzene rings is 2. The molecule has 4 nitrogen and oxygen atoms in total. The molecule has 2 N–H and O–H groups in total. The molecule has 130 valence electrons. The molecule has 5 heteroatoms. The Morgan fingerprint density at radius 1 is 1.19 bits per heavy atom. The summed E-state index contributed by atoms with van der Waals surface area (Å²) in [6.07, 6.45) is 0. The van der Waals surface area contributed by atoms with E-state index in [9.17, 15) is 4.79 Å². The summed E-state index contributed by atoms with van der Waals surface area (Å²) in [7, 11) is 0. The minimum absolute atomic E-state index is 0.117. The highest BCUT2D eigenvalue weighted by Crippen LogP contribution is 2.25. The van der Waals surface area contributed by atoms with Gasteiger partial charge in [0.15, 0.2) is 5.13 Å². The Morgan fingerprint density at radius 2 is 2.00 bits per heavy atom. The lowest BCUT2D eigenvalue weighted by atomic mass is 10.1. The molecule has 2 aromatic carbocycles. The van der Waals surface area contributed by atoms with Gasteiger partial charge in [-0.25, -0.2) is 4.98 Å². The minimum atomic E-state index is -0.168. The predicted octanol–water partition coefficient (Wildman–Crippen LogP) is 4.47. The Labute approximate surface area is 156 Å². The number of rotatable bonds is 6. The Morgan fingerprint density at radius 3 is 2.73 bits per heavy atom. The number of aryl methyl sites for hydroxylation is 1. The molecular formula is C21H19N3OS. The van der Waals surface area contributed by atoms with Crippen LogP contribution in [0.25, 0.3) is 17.0 Å². The van der Waals surface area contributed by atoms with Crippen molar-refractivity contribution in [3.8, 4) is 11.3 Å². The number of amides is 1. The van der Waals surface area contributed by atoms with E-state index in [4.69, 9.17) is 0 Å². The normalized spacial score (nSPS) is 10.0. The van der Waals surface area contributed by atoms with Crippen LogP contribution in [-0.2, 0) is 4.79 Å². The third kappa shape index (κ3) is 4.48. The van der Waals surface area contributed by atoms with Gasteiger partial charge in [-0.05, 0) is 13.0 Å². The van der Waals surface area contributed by atoms with E-state index in [1.54, 1.807) is 0 Å². The number of hydrogen-bond acceptors (Lipinski definition) is 4. The highest BCUT2D eigenvalue weighted by Gasteiger charge is 2.09. The average molecular weight is 361 g/mol. The van der Waals surface area contributed by atoms with Gasteiger partial charge < -0.3 is 10.6 Å². The van der Waals surface area contributed by atoms with Gasteiger partial charge in [0, 0.05) is 16.5 Å². The SMILES string of the molecule is C=C=C(NCC(=O)Nc1nc(-c2cccc(C)c2)cs1)c1ccccc1. The molecule has 0 aliphatic heterocycles. The molecule has 3 aromatic rings.